The molecule has 0 aliphatic rings. The molecule has 2 aromatic carbocycles. The van der Waals surface area contributed by atoms with Crippen LogP contribution in [0.5, 0.6) is 11.5 Å². The first-order valence-electron chi connectivity index (χ1n) is 9.48. The molecule has 0 radical (unpaired) electrons. The number of carboxylic acids is 1. The molecule has 1 amide bonds. The predicted octanol–water partition coefficient (Wildman–Crippen LogP) is 3.35. The zero-order chi connectivity index (χ0) is 21.6. The number of nitrogens with one attached hydrogen (secondary N) is 1. The van der Waals surface area contributed by atoms with Crippen molar-refractivity contribution in [1.29, 1.82) is 0 Å². The Labute approximate surface area is 171 Å². The van der Waals surface area contributed by atoms with Crippen molar-refractivity contribution < 1.29 is 24.2 Å². The zero-order valence-corrected chi connectivity index (χ0v) is 17.6. The lowest BCUT2D eigenvalue weighted by Gasteiger charge is -2.26. The second-order valence-corrected chi connectivity index (χ2v) is 7.63. The number of amides is 1. The van der Waals surface area contributed by atoms with Crippen LogP contribution < -0.4 is 14.8 Å². The number of benzene rings is 2. The van der Waals surface area contributed by atoms with Gasteiger partial charge in [0.15, 0.2) is 11.5 Å². The molecule has 2 N–H and O–H groups in total. The number of rotatable bonds is 9. The molecule has 0 saturated heterocycles. The molecule has 156 valence electrons. The van der Waals surface area contributed by atoms with E-state index in [9.17, 15) is 14.7 Å². The van der Waals surface area contributed by atoms with Crippen molar-refractivity contribution in [2.75, 3.05) is 20.8 Å². The van der Waals surface area contributed by atoms with Crippen molar-refractivity contribution in [2.24, 2.45) is 5.92 Å². The van der Waals surface area contributed by atoms with Crippen LogP contribution in [0.4, 0.5) is 0 Å². The third kappa shape index (κ3) is 5.50. The zero-order valence-electron chi connectivity index (χ0n) is 17.6. The van der Waals surface area contributed by atoms with Gasteiger partial charge in [0, 0.05) is 6.54 Å². The summed E-state index contributed by atoms with van der Waals surface area (Å²) in [5.74, 6) is -0.775. The van der Waals surface area contributed by atoms with Crippen LogP contribution in [-0.4, -0.2) is 37.7 Å². The fourth-order valence-electron chi connectivity index (χ4n) is 3.16. The van der Waals surface area contributed by atoms with Crippen molar-refractivity contribution in [3.8, 4) is 11.5 Å². The topological polar surface area (TPSA) is 84.9 Å². The second kappa shape index (κ2) is 9.45. The number of carboxylic acid groups (broad SMARTS) is 1. The third-order valence-electron chi connectivity index (χ3n) is 5.10. The quantitative estimate of drug-likeness (QED) is 0.675. The highest BCUT2D eigenvalue weighted by Crippen LogP contribution is 2.33. The summed E-state index contributed by atoms with van der Waals surface area (Å²) in [6.07, 6.45) is 0.355. The highest BCUT2D eigenvalue weighted by molar-refractivity contribution is 5.88. The third-order valence-corrected chi connectivity index (χ3v) is 5.10. The van der Waals surface area contributed by atoms with Crippen LogP contribution in [-0.2, 0) is 21.4 Å². The van der Waals surface area contributed by atoms with E-state index in [1.165, 1.54) is 7.11 Å². The molecule has 6 nitrogen and oxygen atoms in total. The monoisotopic (exact) mass is 399 g/mol. The maximum absolute atomic E-state index is 12.9. The normalized spacial score (nSPS) is 12.2. The Morgan fingerprint density at radius 1 is 1.07 bits per heavy atom. The number of carbonyl (C=O) groups excluding carboxylic acids is 1. The van der Waals surface area contributed by atoms with Gasteiger partial charge >= 0.3 is 5.97 Å². The van der Waals surface area contributed by atoms with Gasteiger partial charge in [-0.05, 0) is 50.5 Å². The molecule has 6 heteroatoms. The summed E-state index contributed by atoms with van der Waals surface area (Å²) in [5, 5.41) is 12.4. The van der Waals surface area contributed by atoms with Gasteiger partial charge in [0.05, 0.1) is 25.6 Å². The van der Waals surface area contributed by atoms with Gasteiger partial charge in [-0.1, -0.05) is 35.9 Å². The Bertz CT molecular complexity index is 875. The van der Waals surface area contributed by atoms with Gasteiger partial charge < -0.3 is 19.9 Å². The van der Waals surface area contributed by atoms with E-state index >= 15 is 0 Å². The number of hydrogen-bond acceptors (Lipinski definition) is 4. The largest absolute Gasteiger partial charge is 0.493 e. The van der Waals surface area contributed by atoms with Gasteiger partial charge in [-0.15, -0.1) is 0 Å². The summed E-state index contributed by atoms with van der Waals surface area (Å²) in [7, 11) is 3.09. The molecular weight excluding hydrogens is 370 g/mol. The van der Waals surface area contributed by atoms with E-state index in [1.807, 2.05) is 37.3 Å². The van der Waals surface area contributed by atoms with Crippen LogP contribution in [0.25, 0.3) is 0 Å². The number of methoxy groups -OCH3 is 2. The average Bonchev–Trinajstić information content (AvgIpc) is 2.69. The molecule has 2 aromatic rings. The molecule has 1 atom stereocenters. The molecule has 0 fully saturated rings. The summed E-state index contributed by atoms with van der Waals surface area (Å²) < 4.78 is 10.6. The van der Waals surface area contributed by atoms with E-state index in [2.05, 4.69) is 5.32 Å². The second-order valence-electron chi connectivity index (χ2n) is 7.63. The summed E-state index contributed by atoms with van der Waals surface area (Å²) in [4.78, 5) is 24.6. The standard InChI is InChI=1S/C23H29NO5/c1-15-7-6-8-16(11-15)12-17(21(25)26)14-24-22(27)23(2,3)18-9-10-19(28-4)20(13-18)29-5/h6-11,13,17H,12,14H2,1-5H3,(H,24,27)(H,25,26). The van der Waals surface area contributed by atoms with Gasteiger partial charge in [0.1, 0.15) is 0 Å². The van der Waals surface area contributed by atoms with Crippen LogP contribution in [0.15, 0.2) is 42.5 Å². The highest BCUT2D eigenvalue weighted by atomic mass is 16.5. The van der Waals surface area contributed by atoms with Crippen molar-refractivity contribution in [1.82, 2.24) is 5.32 Å². The van der Waals surface area contributed by atoms with Crippen LogP contribution in [0.3, 0.4) is 0 Å². The van der Waals surface area contributed by atoms with Crippen molar-refractivity contribution >= 4 is 11.9 Å². The van der Waals surface area contributed by atoms with Crippen LogP contribution in [0.2, 0.25) is 0 Å². The summed E-state index contributed by atoms with van der Waals surface area (Å²) in [6.45, 7) is 5.60. The molecule has 2 rings (SSSR count). The number of carbonyl (C=O) groups is 2. The maximum atomic E-state index is 12.9. The van der Waals surface area contributed by atoms with E-state index < -0.39 is 17.3 Å². The Hall–Kier alpha value is -3.02. The molecule has 0 aliphatic heterocycles. The lowest BCUT2D eigenvalue weighted by molar-refractivity contribution is -0.141. The van der Waals surface area contributed by atoms with Gasteiger partial charge in [0.2, 0.25) is 5.91 Å². The molecule has 1 unspecified atom stereocenters. The minimum Gasteiger partial charge on any atom is -0.493 e. The predicted molar refractivity (Wildman–Crippen MR) is 112 cm³/mol. The Balaban J connectivity index is 2.11. The minimum atomic E-state index is -0.935. The summed E-state index contributed by atoms with van der Waals surface area (Å²) in [6, 6.07) is 13.1. The number of aliphatic carboxylic acids is 1. The number of ether oxygens (including phenoxy) is 2. The van der Waals surface area contributed by atoms with E-state index in [1.54, 1.807) is 33.1 Å². The lowest BCUT2D eigenvalue weighted by atomic mass is 9.83. The van der Waals surface area contributed by atoms with Crippen LogP contribution in [0, 0.1) is 12.8 Å². The molecular formula is C23H29NO5. The summed E-state index contributed by atoms with van der Waals surface area (Å²) >= 11 is 0. The van der Waals surface area contributed by atoms with E-state index in [0.29, 0.717) is 17.9 Å². The number of aryl methyl sites for hydroxylation is 1. The lowest BCUT2D eigenvalue weighted by Crippen LogP contribution is -2.43. The highest BCUT2D eigenvalue weighted by Gasteiger charge is 2.31. The fourth-order valence-corrected chi connectivity index (χ4v) is 3.16. The molecule has 0 heterocycles. The molecule has 0 bridgehead atoms. The van der Waals surface area contributed by atoms with Crippen molar-refractivity contribution in [3.05, 3.63) is 59.2 Å². The van der Waals surface area contributed by atoms with Gasteiger partial charge in [-0.2, -0.15) is 0 Å². The average molecular weight is 399 g/mol. The van der Waals surface area contributed by atoms with Crippen LogP contribution in [0.1, 0.15) is 30.5 Å². The van der Waals surface area contributed by atoms with Gasteiger partial charge in [0.25, 0.3) is 0 Å². The van der Waals surface area contributed by atoms with Gasteiger partial charge in [-0.3, -0.25) is 9.59 Å². The molecule has 0 saturated carbocycles. The Morgan fingerprint density at radius 2 is 1.76 bits per heavy atom. The SMILES string of the molecule is COc1ccc(C(C)(C)C(=O)NCC(Cc2cccc(C)c2)C(=O)O)cc1OC. The summed E-state index contributed by atoms with van der Waals surface area (Å²) in [5.41, 5.74) is 1.89. The smallest absolute Gasteiger partial charge is 0.308 e. The van der Waals surface area contributed by atoms with E-state index in [4.69, 9.17) is 9.47 Å². The van der Waals surface area contributed by atoms with Gasteiger partial charge in [-0.25, -0.2) is 0 Å². The Kier molecular flexibility index (Phi) is 7.26. The molecule has 29 heavy (non-hydrogen) atoms. The van der Waals surface area contributed by atoms with E-state index in [-0.39, 0.29) is 12.5 Å². The van der Waals surface area contributed by atoms with Crippen LogP contribution >= 0.6 is 0 Å². The van der Waals surface area contributed by atoms with E-state index in [0.717, 1.165) is 16.7 Å². The number of hydrogen-bond donors (Lipinski definition) is 2. The minimum absolute atomic E-state index is 0.0544. The maximum Gasteiger partial charge on any atom is 0.308 e. The Morgan fingerprint density at radius 3 is 2.34 bits per heavy atom. The molecule has 0 spiro atoms. The van der Waals surface area contributed by atoms with Crippen molar-refractivity contribution in [2.45, 2.75) is 32.6 Å². The first-order valence-corrected chi connectivity index (χ1v) is 9.48. The molecule has 0 aliphatic carbocycles. The first kappa shape index (κ1) is 22.3. The van der Waals surface area contributed by atoms with Crippen molar-refractivity contribution in [3.63, 3.8) is 0 Å². The first-order chi connectivity index (χ1) is 13.7. The fraction of sp³-hybridized carbons (Fsp3) is 0.391. The molecule has 0 aromatic heterocycles.